The topological polar surface area (TPSA) is 15.3 Å². The molecular weight excluding hydrogens is 204 g/mol. The van der Waals surface area contributed by atoms with Crippen molar-refractivity contribution in [3.8, 4) is 0 Å². The molecule has 2 atom stereocenters. The Morgan fingerprint density at radius 2 is 2.33 bits per heavy atom. The van der Waals surface area contributed by atoms with Crippen LogP contribution < -0.4 is 5.32 Å². The van der Waals surface area contributed by atoms with Crippen LogP contribution in [0.3, 0.4) is 0 Å². The van der Waals surface area contributed by atoms with E-state index in [-0.39, 0.29) is 0 Å². The van der Waals surface area contributed by atoms with Crippen LogP contribution in [0.25, 0.3) is 0 Å². The van der Waals surface area contributed by atoms with Gasteiger partial charge >= 0.3 is 0 Å². The van der Waals surface area contributed by atoms with Gasteiger partial charge in [0.2, 0.25) is 0 Å². The molecule has 0 aromatic carbocycles. The first kappa shape index (κ1) is 13.3. The minimum absolute atomic E-state index is 0.708. The zero-order valence-corrected chi connectivity index (χ0v) is 11.3. The van der Waals surface area contributed by atoms with E-state index in [1.807, 2.05) is 11.8 Å². The average molecular weight is 230 g/mol. The summed E-state index contributed by atoms with van der Waals surface area (Å²) in [6.45, 7) is 9.65. The first-order valence-corrected chi connectivity index (χ1v) is 7.62. The molecule has 2 nitrogen and oxygen atoms in total. The molecule has 90 valence electrons. The molecule has 3 heteroatoms. The van der Waals surface area contributed by atoms with Gasteiger partial charge in [0.05, 0.1) is 0 Å². The van der Waals surface area contributed by atoms with Crippen LogP contribution in [0.4, 0.5) is 0 Å². The van der Waals surface area contributed by atoms with Gasteiger partial charge in [-0.3, -0.25) is 0 Å². The van der Waals surface area contributed by atoms with Crippen LogP contribution in [0.2, 0.25) is 0 Å². The van der Waals surface area contributed by atoms with Crippen LogP contribution in [0, 0.1) is 5.92 Å². The highest BCUT2D eigenvalue weighted by molar-refractivity contribution is 7.98. The Balaban J connectivity index is 2.38. The van der Waals surface area contributed by atoms with Crippen molar-refractivity contribution < 1.29 is 0 Å². The van der Waals surface area contributed by atoms with Crippen LogP contribution in [0.15, 0.2) is 0 Å². The molecule has 1 heterocycles. The molecule has 15 heavy (non-hydrogen) atoms. The lowest BCUT2D eigenvalue weighted by atomic mass is 9.99. The summed E-state index contributed by atoms with van der Waals surface area (Å²) in [5, 5.41) is 3.69. The zero-order valence-electron chi connectivity index (χ0n) is 10.5. The van der Waals surface area contributed by atoms with Crippen LogP contribution in [0.5, 0.6) is 0 Å². The SMILES string of the molecule is CCC(C)C1CN(CCSC)CCCN1. The molecular formula is C12H26N2S. The third-order valence-corrected chi connectivity index (χ3v) is 4.05. The Labute approximate surface area is 99.2 Å². The van der Waals surface area contributed by atoms with E-state index < -0.39 is 0 Å². The van der Waals surface area contributed by atoms with Gasteiger partial charge in [0.25, 0.3) is 0 Å². The molecule has 1 rings (SSSR count). The number of rotatable bonds is 5. The third-order valence-electron chi connectivity index (χ3n) is 3.46. The lowest BCUT2D eigenvalue weighted by Gasteiger charge is -2.27. The Bertz CT molecular complexity index is 164. The lowest BCUT2D eigenvalue weighted by molar-refractivity contribution is 0.250. The minimum atomic E-state index is 0.708. The second-order valence-electron chi connectivity index (χ2n) is 4.59. The van der Waals surface area contributed by atoms with Crippen molar-refractivity contribution >= 4 is 11.8 Å². The van der Waals surface area contributed by atoms with Gasteiger partial charge in [-0.2, -0.15) is 11.8 Å². The van der Waals surface area contributed by atoms with Crippen molar-refractivity contribution in [3.05, 3.63) is 0 Å². The maximum absolute atomic E-state index is 3.69. The van der Waals surface area contributed by atoms with Crippen molar-refractivity contribution in [2.24, 2.45) is 5.92 Å². The maximum atomic E-state index is 3.69. The van der Waals surface area contributed by atoms with Gasteiger partial charge in [-0.05, 0) is 31.7 Å². The molecule has 0 spiro atoms. The summed E-state index contributed by atoms with van der Waals surface area (Å²) in [7, 11) is 0. The predicted molar refractivity (Wildman–Crippen MR) is 70.7 cm³/mol. The number of nitrogens with zero attached hydrogens (tertiary/aromatic N) is 1. The fourth-order valence-electron chi connectivity index (χ4n) is 2.11. The molecule has 1 fully saturated rings. The van der Waals surface area contributed by atoms with Gasteiger partial charge in [0.15, 0.2) is 0 Å². The zero-order chi connectivity index (χ0) is 11.1. The molecule has 2 unspecified atom stereocenters. The normalized spacial score (nSPS) is 26.2. The smallest absolute Gasteiger partial charge is 0.0220 e. The first-order chi connectivity index (χ1) is 7.27. The van der Waals surface area contributed by atoms with Crippen LogP contribution >= 0.6 is 11.8 Å². The number of nitrogens with one attached hydrogen (secondary N) is 1. The summed E-state index contributed by atoms with van der Waals surface area (Å²) in [5.41, 5.74) is 0. The van der Waals surface area contributed by atoms with Gasteiger partial charge in [-0.25, -0.2) is 0 Å². The van der Waals surface area contributed by atoms with E-state index in [9.17, 15) is 0 Å². The largest absolute Gasteiger partial charge is 0.312 e. The first-order valence-electron chi connectivity index (χ1n) is 6.22. The van der Waals surface area contributed by atoms with E-state index >= 15 is 0 Å². The molecule has 0 aromatic heterocycles. The summed E-state index contributed by atoms with van der Waals surface area (Å²) in [5.74, 6) is 2.08. The summed E-state index contributed by atoms with van der Waals surface area (Å²) in [6, 6.07) is 0.708. The molecule has 0 bridgehead atoms. The summed E-state index contributed by atoms with van der Waals surface area (Å²) < 4.78 is 0. The van der Waals surface area contributed by atoms with E-state index in [1.54, 1.807) is 0 Å². The standard InChI is InChI=1S/C12H26N2S/c1-4-11(2)12-10-14(8-9-15-3)7-5-6-13-12/h11-13H,4-10H2,1-3H3. The summed E-state index contributed by atoms with van der Waals surface area (Å²) in [6.07, 6.45) is 4.79. The second kappa shape index (κ2) is 7.53. The quantitative estimate of drug-likeness (QED) is 0.778. The van der Waals surface area contributed by atoms with Crippen LogP contribution in [0.1, 0.15) is 26.7 Å². The van der Waals surface area contributed by atoms with Gasteiger partial charge in [0.1, 0.15) is 0 Å². The minimum Gasteiger partial charge on any atom is -0.312 e. The number of thioether (sulfide) groups is 1. The monoisotopic (exact) mass is 230 g/mol. The Morgan fingerprint density at radius 3 is 3.00 bits per heavy atom. The van der Waals surface area contributed by atoms with Crippen molar-refractivity contribution in [2.45, 2.75) is 32.7 Å². The number of hydrogen-bond acceptors (Lipinski definition) is 3. The Kier molecular flexibility index (Phi) is 6.69. The molecule has 1 saturated heterocycles. The Morgan fingerprint density at radius 1 is 1.53 bits per heavy atom. The fourth-order valence-corrected chi connectivity index (χ4v) is 2.55. The molecule has 0 aliphatic carbocycles. The van der Waals surface area contributed by atoms with E-state index in [0.717, 1.165) is 5.92 Å². The molecule has 0 radical (unpaired) electrons. The van der Waals surface area contributed by atoms with E-state index in [4.69, 9.17) is 0 Å². The third kappa shape index (κ3) is 4.75. The van der Waals surface area contributed by atoms with E-state index in [0.29, 0.717) is 6.04 Å². The van der Waals surface area contributed by atoms with Gasteiger partial charge in [-0.1, -0.05) is 20.3 Å². The summed E-state index contributed by atoms with van der Waals surface area (Å²) >= 11 is 1.96. The lowest BCUT2D eigenvalue weighted by Crippen LogP contribution is -2.42. The summed E-state index contributed by atoms with van der Waals surface area (Å²) in [4.78, 5) is 2.63. The van der Waals surface area contributed by atoms with E-state index in [1.165, 1.54) is 44.8 Å². The molecule has 0 amide bonds. The van der Waals surface area contributed by atoms with Crippen molar-refractivity contribution in [2.75, 3.05) is 38.2 Å². The van der Waals surface area contributed by atoms with E-state index in [2.05, 4.69) is 30.3 Å². The van der Waals surface area contributed by atoms with Gasteiger partial charge in [0, 0.05) is 24.9 Å². The molecule has 1 N–H and O–H groups in total. The van der Waals surface area contributed by atoms with Gasteiger partial charge < -0.3 is 10.2 Å². The van der Waals surface area contributed by atoms with Gasteiger partial charge in [-0.15, -0.1) is 0 Å². The van der Waals surface area contributed by atoms with Crippen LogP contribution in [-0.4, -0.2) is 49.1 Å². The maximum Gasteiger partial charge on any atom is 0.0220 e. The molecule has 1 aliphatic rings. The molecule has 1 aliphatic heterocycles. The van der Waals surface area contributed by atoms with Crippen molar-refractivity contribution in [1.82, 2.24) is 10.2 Å². The highest BCUT2D eigenvalue weighted by Crippen LogP contribution is 2.12. The average Bonchev–Trinajstić information content (AvgIpc) is 2.50. The number of hydrogen-bond donors (Lipinski definition) is 1. The molecule has 0 aromatic rings. The Hall–Kier alpha value is 0.270. The van der Waals surface area contributed by atoms with Crippen molar-refractivity contribution in [3.63, 3.8) is 0 Å². The van der Waals surface area contributed by atoms with Crippen molar-refractivity contribution in [1.29, 1.82) is 0 Å². The highest BCUT2D eigenvalue weighted by atomic mass is 32.2. The fraction of sp³-hybridized carbons (Fsp3) is 1.00. The van der Waals surface area contributed by atoms with Crippen LogP contribution in [-0.2, 0) is 0 Å². The second-order valence-corrected chi connectivity index (χ2v) is 5.58. The highest BCUT2D eigenvalue weighted by Gasteiger charge is 2.20. The predicted octanol–water partition coefficient (Wildman–Crippen LogP) is 2.06. The molecule has 0 saturated carbocycles.